The first-order chi connectivity index (χ1) is 11.4. The van der Waals surface area contributed by atoms with E-state index < -0.39 is 21.7 Å². The highest BCUT2D eigenvalue weighted by Crippen LogP contribution is 2.30. The molecule has 1 aliphatic heterocycles. The summed E-state index contributed by atoms with van der Waals surface area (Å²) in [5.74, 6) is -1.07. The summed E-state index contributed by atoms with van der Waals surface area (Å²) in [4.78, 5) is 0. The van der Waals surface area contributed by atoms with Crippen LogP contribution < -0.4 is 4.72 Å². The Morgan fingerprint density at radius 2 is 1.79 bits per heavy atom. The van der Waals surface area contributed by atoms with E-state index in [1.807, 2.05) is 0 Å². The van der Waals surface area contributed by atoms with Crippen LogP contribution in [0.5, 0.6) is 0 Å². The quantitative estimate of drug-likeness (QED) is 0.894. The lowest BCUT2D eigenvalue weighted by Crippen LogP contribution is -2.25. The van der Waals surface area contributed by atoms with E-state index in [4.69, 9.17) is 4.74 Å². The van der Waals surface area contributed by atoms with Gasteiger partial charge in [-0.15, -0.1) is 0 Å². The molecule has 1 aliphatic rings. The van der Waals surface area contributed by atoms with Crippen LogP contribution in [0.15, 0.2) is 42.5 Å². The zero-order chi connectivity index (χ0) is 17.2. The summed E-state index contributed by atoms with van der Waals surface area (Å²) < 4.78 is 59.2. The maximum absolute atomic E-state index is 13.6. The predicted molar refractivity (Wildman–Crippen MR) is 88.2 cm³/mol. The molecule has 0 radical (unpaired) electrons. The Morgan fingerprint density at radius 3 is 2.46 bits per heavy atom. The fourth-order valence-corrected chi connectivity index (χ4v) is 4.05. The van der Waals surface area contributed by atoms with Crippen LogP contribution in [0, 0.1) is 11.6 Å². The fourth-order valence-electron chi connectivity index (χ4n) is 2.70. The standard InChI is InChI=1S/C17H17F2NO3S/c18-13-5-3-12(4-6-13)16-10-14(19)7-8-17(16)20-24(21,22)11-15-2-1-9-23-15/h3-8,10,15,20H,1-2,9,11H2. The number of hydrogen-bond donors (Lipinski definition) is 1. The molecule has 0 bridgehead atoms. The van der Waals surface area contributed by atoms with E-state index in [-0.39, 0.29) is 17.5 Å². The smallest absolute Gasteiger partial charge is 0.235 e. The molecule has 0 amide bonds. The van der Waals surface area contributed by atoms with Gasteiger partial charge in [-0.3, -0.25) is 4.72 Å². The molecule has 1 saturated heterocycles. The van der Waals surface area contributed by atoms with Crippen molar-refractivity contribution < 1.29 is 21.9 Å². The molecule has 128 valence electrons. The van der Waals surface area contributed by atoms with Crippen molar-refractivity contribution in [2.45, 2.75) is 18.9 Å². The van der Waals surface area contributed by atoms with Crippen LogP contribution in [-0.4, -0.2) is 26.9 Å². The number of nitrogens with one attached hydrogen (secondary N) is 1. The molecule has 1 N–H and O–H groups in total. The summed E-state index contributed by atoms with van der Waals surface area (Å²) >= 11 is 0. The zero-order valence-electron chi connectivity index (χ0n) is 12.8. The van der Waals surface area contributed by atoms with E-state index in [2.05, 4.69) is 4.72 Å². The summed E-state index contributed by atoms with van der Waals surface area (Å²) in [7, 11) is -3.64. The van der Waals surface area contributed by atoms with Gasteiger partial charge in [0, 0.05) is 12.2 Å². The molecule has 0 spiro atoms. The second-order valence-corrected chi connectivity index (χ2v) is 7.48. The third kappa shape index (κ3) is 4.10. The highest BCUT2D eigenvalue weighted by molar-refractivity contribution is 7.92. The summed E-state index contributed by atoms with van der Waals surface area (Å²) in [6.45, 7) is 0.567. The van der Waals surface area contributed by atoms with Crippen molar-refractivity contribution in [3.8, 4) is 11.1 Å². The average molecular weight is 353 g/mol. The topological polar surface area (TPSA) is 55.4 Å². The molecule has 1 atom stereocenters. The maximum atomic E-state index is 13.6. The number of rotatable bonds is 5. The van der Waals surface area contributed by atoms with Gasteiger partial charge in [0.25, 0.3) is 0 Å². The zero-order valence-corrected chi connectivity index (χ0v) is 13.7. The van der Waals surface area contributed by atoms with Gasteiger partial charge in [-0.05, 0) is 48.7 Å². The third-order valence-electron chi connectivity index (χ3n) is 3.83. The van der Waals surface area contributed by atoms with E-state index >= 15 is 0 Å². The fraction of sp³-hybridized carbons (Fsp3) is 0.294. The second-order valence-electron chi connectivity index (χ2n) is 5.72. The van der Waals surface area contributed by atoms with Gasteiger partial charge in [0.05, 0.1) is 17.5 Å². The first-order valence-corrected chi connectivity index (χ1v) is 9.26. The first-order valence-electron chi connectivity index (χ1n) is 7.60. The minimum Gasteiger partial charge on any atom is -0.377 e. The minimum absolute atomic E-state index is 0.146. The average Bonchev–Trinajstić information content (AvgIpc) is 3.02. The summed E-state index contributed by atoms with van der Waals surface area (Å²) in [6, 6.07) is 9.19. The second kappa shape index (κ2) is 6.86. The molecular weight excluding hydrogens is 336 g/mol. The van der Waals surface area contributed by atoms with Crippen molar-refractivity contribution in [2.24, 2.45) is 0 Å². The van der Waals surface area contributed by atoms with Gasteiger partial charge in [-0.25, -0.2) is 17.2 Å². The molecule has 0 saturated carbocycles. The molecule has 7 heteroatoms. The molecular formula is C17H17F2NO3S. The number of hydrogen-bond acceptors (Lipinski definition) is 3. The number of halogens is 2. The van der Waals surface area contributed by atoms with Gasteiger partial charge in [-0.2, -0.15) is 0 Å². The molecule has 1 fully saturated rings. The summed E-state index contributed by atoms with van der Waals surface area (Å²) in [6.07, 6.45) is 1.23. The molecule has 2 aromatic rings. The molecule has 0 aliphatic carbocycles. The van der Waals surface area contributed by atoms with Crippen molar-refractivity contribution >= 4 is 15.7 Å². The Balaban J connectivity index is 1.88. The van der Waals surface area contributed by atoms with Crippen molar-refractivity contribution in [3.05, 3.63) is 54.1 Å². The van der Waals surface area contributed by atoms with E-state index in [9.17, 15) is 17.2 Å². The Morgan fingerprint density at radius 1 is 1.08 bits per heavy atom. The lowest BCUT2D eigenvalue weighted by atomic mass is 10.0. The Bertz CT molecular complexity index is 816. The molecule has 2 aromatic carbocycles. The monoisotopic (exact) mass is 353 g/mol. The number of sulfonamides is 1. The summed E-state index contributed by atoms with van der Waals surface area (Å²) in [5.41, 5.74) is 1.12. The van der Waals surface area contributed by atoms with E-state index in [1.165, 1.54) is 42.5 Å². The van der Waals surface area contributed by atoms with Gasteiger partial charge in [0.1, 0.15) is 11.6 Å². The van der Waals surface area contributed by atoms with E-state index in [0.717, 1.165) is 6.42 Å². The number of benzene rings is 2. The molecule has 24 heavy (non-hydrogen) atoms. The van der Waals surface area contributed by atoms with Crippen molar-refractivity contribution in [1.82, 2.24) is 0 Å². The highest BCUT2D eigenvalue weighted by atomic mass is 32.2. The molecule has 0 aromatic heterocycles. The third-order valence-corrected chi connectivity index (χ3v) is 5.17. The Hall–Kier alpha value is -1.99. The molecule has 1 unspecified atom stereocenters. The van der Waals surface area contributed by atoms with Gasteiger partial charge < -0.3 is 4.74 Å². The van der Waals surface area contributed by atoms with Gasteiger partial charge in [-0.1, -0.05) is 12.1 Å². The van der Waals surface area contributed by atoms with Gasteiger partial charge >= 0.3 is 0 Å². The van der Waals surface area contributed by atoms with Crippen molar-refractivity contribution in [2.75, 3.05) is 17.1 Å². The van der Waals surface area contributed by atoms with Crippen LogP contribution in [-0.2, 0) is 14.8 Å². The van der Waals surface area contributed by atoms with Gasteiger partial charge in [0.2, 0.25) is 10.0 Å². The first kappa shape index (κ1) is 16.9. The van der Waals surface area contributed by atoms with Crippen molar-refractivity contribution in [1.29, 1.82) is 0 Å². The van der Waals surface area contributed by atoms with Crippen LogP contribution in [0.2, 0.25) is 0 Å². The number of ether oxygens (including phenoxy) is 1. The summed E-state index contributed by atoms with van der Waals surface area (Å²) in [5, 5.41) is 0. The minimum atomic E-state index is -3.64. The number of anilines is 1. The lowest BCUT2D eigenvalue weighted by Gasteiger charge is -2.15. The van der Waals surface area contributed by atoms with E-state index in [1.54, 1.807) is 0 Å². The lowest BCUT2D eigenvalue weighted by molar-refractivity contribution is 0.127. The normalized spacial score (nSPS) is 17.8. The Kier molecular flexibility index (Phi) is 4.82. The van der Waals surface area contributed by atoms with Gasteiger partial charge in [0.15, 0.2) is 0 Å². The van der Waals surface area contributed by atoms with Crippen LogP contribution in [0.4, 0.5) is 14.5 Å². The van der Waals surface area contributed by atoms with Crippen molar-refractivity contribution in [3.63, 3.8) is 0 Å². The largest absolute Gasteiger partial charge is 0.377 e. The molecule has 4 nitrogen and oxygen atoms in total. The van der Waals surface area contributed by atoms with Crippen LogP contribution in [0.1, 0.15) is 12.8 Å². The van der Waals surface area contributed by atoms with Crippen LogP contribution in [0.25, 0.3) is 11.1 Å². The predicted octanol–water partition coefficient (Wildman–Crippen LogP) is 3.55. The van der Waals surface area contributed by atoms with E-state index in [0.29, 0.717) is 24.2 Å². The molecule has 1 heterocycles. The van der Waals surface area contributed by atoms with Crippen LogP contribution >= 0.6 is 0 Å². The SMILES string of the molecule is O=S(=O)(CC1CCCO1)Nc1ccc(F)cc1-c1ccc(F)cc1. The molecule has 3 rings (SSSR count). The van der Waals surface area contributed by atoms with Crippen LogP contribution in [0.3, 0.4) is 0 Å². The Labute approximate surface area is 139 Å². The maximum Gasteiger partial charge on any atom is 0.235 e. The highest BCUT2D eigenvalue weighted by Gasteiger charge is 2.24.